The second kappa shape index (κ2) is 6.46. The molecule has 0 aromatic heterocycles. The maximum Gasteiger partial charge on any atom is 0.311 e. The maximum absolute atomic E-state index is 11.2. The first-order valence-corrected chi connectivity index (χ1v) is 4.72. The number of primary amides is 1. The molecule has 0 aromatic rings. The number of unbranched alkanes of at least 4 members (excludes halogenated alkanes) is 1. The minimum atomic E-state index is -0.857. The number of nitrogens with two attached hydrogens (primary N) is 1. The van der Waals surface area contributed by atoms with Gasteiger partial charge in [-0.3, -0.25) is 9.59 Å². The zero-order valence-electron chi connectivity index (χ0n) is 8.38. The predicted octanol–water partition coefficient (Wildman–Crippen LogP) is 0.510. The van der Waals surface area contributed by atoms with Crippen LogP contribution in [0.3, 0.4) is 0 Å². The summed E-state index contributed by atoms with van der Waals surface area (Å²) in [5, 5.41) is 0. The van der Waals surface area contributed by atoms with E-state index in [-0.39, 0.29) is 0 Å². The highest BCUT2D eigenvalue weighted by Crippen LogP contribution is 1.97. The fourth-order valence-corrected chi connectivity index (χ4v) is 1.09. The summed E-state index contributed by atoms with van der Waals surface area (Å²) in [4.78, 5) is 23.3. The number of hydrogen-bond donors (Lipinski definition) is 1. The molecule has 0 saturated carbocycles. The van der Waals surface area contributed by atoms with Gasteiger partial charge in [-0.05, 0) is 12.8 Å². The van der Waals surface area contributed by atoms with Gasteiger partial charge in [-0.2, -0.15) is 0 Å². The highest BCUT2D eigenvalue weighted by molar-refractivity contribution is 6.34. The molecule has 4 nitrogen and oxygen atoms in total. The van der Waals surface area contributed by atoms with Crippen molar-refractivity contribution >= 4 is 11.8 Å². The average molecular weight is 186 g/mol. The van der Waals surface area contributed by atoms with Crippen LogP contribution in [0.5, 0.6) is 0 Å². The molecule has 0 atom stereocenters. The van der Waals surface area contributed by atoms with Crippen molar-refractivity contribution < 1.29 is 9.59 Å². The van der Waals surface area contributed by atoms with E-state index in [2.05, 4.69) is 0 Å². The molecule has 0 unspecified atom stereocenters. The Kier molecular flexibility index (Phi) is 5.93. The molecule has 0 saturated heterocycles. The first-order valence-electron chi connectivity index (χ1n) is 4.72. The van der Waals surface area contributed by atoms with E-state index in [0.717, 1.165) is 19.3 Å². The van der Waals surface area contributed by atoms with E-state index < -0.39 is 11.8 Å². The summed E-state index contributed by atoms with van der Waals surface area (Å²) in [6, 6.07) is 0. The van der Waals surface area contributed by atoms with E-state index >= 15 is 0 Å². The highest BCUT2D eigenvalue weighted by Gasteiger charge is 2.16. The fourth-order valence-electron chi connectivity index (χ4n) is 1.09. The Morgan fingerprint density at radius 1 is 1.15 bits per heavy atom. The molecule has 0 aromatic carbocycles. The molecule has 0 fully saturated rings. The Morgan fingerprint density at radius 2 is 1.77 bits per heavy atom. The molecule has 0 aliphatic carbocycles. The van der Waals surface area contributed by atoms with Crippen LogP contribution < -0.4 is 5.73 Å². The first-order chi connectivity index (χ1) is 6.13. The van der Waals surface area contributed by atoms with Gasteiger partial charge in [0.2, 0.25) is 0 Å². The van der Waals surface area contributed by atoms with Gasteiger partial charge in [0.25, 0.3) is 0 Å². The van der Waals surface area contributed by atoms with Crippen LogP contribution in [0, 0.1) is 0 Å². The normalized spacial score (nSPS) is 9.69. The molecule has 2 amide bonds. The van der Waals surface area contributed by atoms with E-state index in [1.54, 1.807) is 0 Å². The molecule has 0 aliphatic heterocycles. The van der Waals surface area contributed by atoms with E-state index in [9.17, 15) is 9.59 Å². The standard InChI is InChI=1S/C9H18N2O2/c1-3-5-7-11(6-4-2)9(13)8(10)12/h3-7H2,1-2H3,(H2,10,12). The molecule has 2 N–H and O–H groups in total. The monoisotopic (exact) mass is 186 g/mol. The van der Waals surface area contributed by atoms with Crippen molar-refractivity contribution in [2.24, 2.45) is 5.73 Å². The van der Waals surface area contributed by atoms with Crippen LogP contribution in [0.1, 0.15) is 33.1 Å². The van der Waals surface area contributed by atoms with E-state index in [1.165, 1.54) is 4.90 Å². The van der Waals surface area contributed by atoms with Crippen LogP contribution in [0.25, 0.3) is 0 Å². The third-order valence-corrected chi connectivity index (χ3v) is 1.77. The summed E-state index contributed by atoms with van der Waals surface area (Å²) in [6.07, 6.45) is 2.77. The van der Waals surface area contributed by atoms with Crippen molar-refractivity contribution in [3.05, 3.63) is 0 Å². The van der Waals surface area contributed by atoms with Crippen molar-refractivity contribution in [3.8, 4) is 0 Å². The SMILES string of the molecule is CCCCN(CCC)C(=O)C(N)=O. The summed E-state index contributed by atoms with van der Waals surface area (Å²) in [5.74, 6) is -1.42. The van der Waals surface area contributed by atoms with Gasteiger partial charge in [-0.15, -0.1) is 0 Å². The molecular formula is C9H18N2O2. The first kappa shape index (κ1) is 11.9. The molecule has 0 rings (SSSR count). The van der Waals surface area contributed by atoms with Crippen LogP contribution in [-0.4, -0.2) is 29.8 Å². The summed E-state index contributed by atoms with van der Waals surface area (Å²) in [7, 11) is 0. The second-order valence-electron chi connectivity index (χ2n) is 3.01. The molecule has 0 radical (unpaired) electrons. The molecule has 76 valence electrons. The average Bonchev–Trinajstić information content (AvgIpc) is 2.11. The minimum Gasteiger partial charge on any atom is -0.361 e. The van der Waals surface area contributed by atoms with Crippen LogP contribution in [0.4, 0.5) is 0 Å². The third-order valence-electron chi connectivity index (χ3n) is 1.77. The lowest BCUT2D eigenvalue weighted by Gasteiger charge is -2.19. The van der Waals surface area contributed by atoms with Gasteiger partial charge in [-0.25, -0.2) is 0 Å². The van der Waals surface area contributed by atoms with E-state index in [0.29, 0.717) is 13.1 Å². The lowest BCUT2D eigenvalue weighted by molar-refractivity contribution is -0.144. The number of carbonyl (C=O) groups is 2. The van der Waals surface area contributed by atoms with E-state index in [1.807, 2.05) is 13.8 Å². The maximum atomic E-state index is 11.2. The van der Waals surface area contributed by atoms with Gasteiger partial charge in [0.15, 0.2) is 0 Å². The molecule has 0 heterocycles. The van der Waals surface area contributed by atoms with Crippen LogP contribution in [0.2, 0.25) is 0 Å². The largest absolute Gasteiger partial charge is 0.361 e. The molecular weight excluding hydrogens is 168 g/mol. The molecule has 13 heavy (non-hydrogen) atoms. The van der Waals surface area contributed by atoms with Crippen LogP contribution in [-0.2, 0) is 9.59 Å². The number of nitrogens with zero attached hydrogens (tertiary/aromatic N) is 1. The summed E-state index contributed by atoms with van der Waals surface area (Å²) >= 11 is 0. The Bertz CT molecular complexity index is 180. The number of rotatable bonds is 5. The van der Waals surface area contributed by atoms with Crippen LogP contribution >= 0.6 is 0 Å². The highest BCUT2D eigenvalue weighted by atomic mass is 16.2. The fraction of sp³-hybridized carbons (Fsp3) is 0.778. The quantitative estimate of drug-likeness (QED) is 0.636. The molecule has 4 heteroatoms. The number of hydrogen-bond acceptors (Lipinski definition) is 2. The van der Waals surface area contributed by atoms with Gasteiger partial charge in [0, 0.05) is 13.1 Å². The molecule has 0 spiro atoms. The van der Waals surface area contributed by atoms with Crippen LogP contribution in [0.15, 0.2) is 0 Å². The van der Waals surface area contributed by atoms with Crippen molar-refractivity contribution in [2.75, 3.05) is 13.1 Å². The number of carbonyl (C=O) groups excluding carboxylic acids is 2. The van der Waals surface area contributed by atoms with E-state index in [4.69, 9.17) is 5.73 Å². The van der Waals surface area contributed by atoms with Crippen molar-refractivity contribution in [1.29, 1.82) is 0 Å². The zero-order chi connectivity index (χ0) is 10.3. The summed E-state index contributed by atoms with van der Waals surface area (Å²) in [6.45, 7) is 5.25. The van der Waals surface area contributed by atoms with Crippen molar-refractivity contribution in [2.45, 2.75) is 33.1 Å². The Labute approximate surface area is 79.1 Å². The lowest BCUT2D eigenvalue weighted by Crippen LogP contribution is -2.41. The minimum absolute atomic E-state index is 0.560. The van der Waals surface area contributed by atoms with Crippen molar-refractivity contribution in [1.82, 2.24) is 4.90 Å². The summed E-state index contributed by atoms with van der Waals surface area (Å²) < 4.78 is 0. The third kappa shape index (κ3) is 4.50. The Balaban J connectivity index is 4.06. The van der Waals surface area contributed by atoms with Gasteiger partial charge >= 0.3 is 11.8 Å². The van der Waals surface area contributed by atoms with Gasteiger partial charge < -0.3 is 10.6 Å². The van der Waals surface area contributed by atoms with Gasteiger partial charge in [-0.1, -0.05) is 20.3 Å². The Morgan fingerprint density at radius 3 is 2.15 bits per heavy atom. The summed E-state index contributed by atoms with van der Waals surface area (Å²) in [5.41, 5.74) is 4.91. The Hall–Kier alpha value is -1.06. The molecule has 0 bridgehead atoms. The smallest absolute Gasteiger partial charge is 0.311 e. The van der Waals surface area contributed by atoms with Gasteiger partial charge in [0.05, 0.1) is 0 Å². The zero-order valence-corrected chi connectivity index (χ0v) is 8.38. The topological polar surface area (TPSA) is 63.4 Å². The molecule has 0 aliphatic rings. The second-order valence-corrected chi connectivity index (χ2v) is 3.01. The predicted molar refractivity (Wildman–Crippen MR) is 51.0 cm³/mol. The van der Waals surface area contributed by atoms with Crippen molar-refractivity contribution in [3.63, 3.8) is 0 Å². The number of amides is 2. The lowest BCUT2D eigenvalue weighted by atomic mass is 10.3. The van der Waals surface area contributed by atoms with Gasteiger partial charge in [0.1, 0.15) is 0 Å².